The Morgan fingerprint density at radius 2 is 1.86 bits per heavy atom. The average molecular weight is 295 g/mol. The molecule has 0 spiro atoms. The molecule has 7 nitrogen and oxygen atoms in total. The van der Waals surface area contributed by atoms with Crippen molar-refractivity contribution in [3.63, 3.8) is 0 Å². The van der Waals surface area contributed by atoms with Crippen LogP contribution in [0.5, 0.6) is 0 Å². The van der Waals surface area contributed by atoms with E-state index >= 15 is 0 Å². The van der Waals surface area contributed by atoms with Gasteiger partial charge in [0.1, 0.15) is 30.5 Å². The molecule has 1 aromatic carbocycles. The molecule has 3 N–H and O–H groups in total. The summed E-state index contributed by atoms with van der Waals surface area (Å²) in [5, 5.41) is 31.5. The number of hydrogen-bond acceptors (Lipinski definition) is 7. The van der Waals surface area contributed by atoms with E-state index < -0.39 is 36.8 Å². The van der Waals surface area contributed by atoms with Gasteiger partial charge in [-0.2, -0.15) is 0 Å². The van der Waals surface area contributed by atoms with Crippen molar-refractivity contribution in [3.05, 3.63) is 35.9 Å². The summed E-state index contributed by atoms with van der Waals surface area (Å²) in [6.45, 7) is 0.212. The molecule has 2 fully saturated rings. The summed E-state index contributed by atoms with van der Waals surface area (Å²) in [6.07, 6.45) is -4.09. The van der Waals surface area contributed by atoms with Crippen molar-refractivity contribution >= 4 is 6.21 Å². The van der Waals surface area contributed by atoms with Gasteiger partial charge in [-0.3, -0.25) is 0 Å². The minimum Gasteiger partial charge on any atom is -0.411 e. The van der Waals surface area contributed by atoms with Gasteiger partial charge in [-0.15, -0.1) is 0 Å². The lowest BCUT2D eigenvalue weighted by Crippen LogP contribution is -2.62. The fraction of sp³-hybridized carbons (Fsp3) is 0.500. The first-order valence-corrected chi connectivity index (χ1v) is 6.72. The summed E-state index contributed by atoms with van der Waals surface area (Å²) < 4.78 is 16.8. The number of ether oxygens (including phenoxy) is 3. The molecule has 2 saturated heterocycles. The molecule has 0 aliphatic carbocycles. The van der Waals surface area contributed by atoms with Gasteiger partial charge in [0, 0.05) is 5.56 Å². The highest BCUT2D eigenvalue weighted by Crippen LogP contribution is 2.33. The van der Waals surface area contributed by atoms with Crippen molar-refractivity contribution in [1.29, 1.82) is 0 Å². The zero-order valence-electron chi connectivity index (χ0n) is 11.1. The van der Waals surface area contributed by atoms with E-state index in [1.165, 1.54) is 0 Å². The summed E-state index contributed by atoms with van der Waals surface area (Å²) >= 11 is 0. The van der Waals surface area contributed by atoms with E-state index in [9.17, 15) is 10.2 Å². The molecule has 0 radical (unpaired) electrons. The maximum Gasteiger partial charge on any atom is 0.184 e. The highest BCUT2D eigenvalue weighted by atomic mass is 16.7. The van der Waals surface area contributed by atoms with E-state index in [1.807, 2.05) is 30.3 Å². The van der Waals surface area contributed by atoms with E-state index in [0.29, 0.717) is 0 Å². The van der Waals surface area contributed by atoms with Crippen molar-refractivity contribution in [3.8, 4) is 0 Å². The molecular weight excluding hydrogens is 278 g/mol. The minimum absolute atomic E-state index is 0.212. The molecule has 2 aliphatic rings. The molecule has 2 aliphatic heterocycles. The largest absolute Gasteiger partial charge is 0.411 e. The first-order chi connectivity index (χ1) is 10.2. The van der Waals surface area contributed by atoms with Crippen LogP contribution in [0.2, 0.25) is 0 Å². The molecule has 0 bridgehead atoms. The summed E-state index contributed by atoms with van der Waals surface area (Å²) in [4.78, 5) is 0. The average Bonchev–Trinajstić information content (AvgIpc) is 2.53. The zero-order valence-corrected chi connectivity index (χ0v) is 11.1. The Labute approximate surface area is 121 Å². The second-order valence-corrected chi connectivity index (χ2v) is 5.06. The van der Waals surface area contributed by atoms with Crippen LogP contribution in [0.4, 0.5) is 0 Å². The number of aliphatic hydroxyl groups is 2. The van der Waals surface area contributed by atoms with E-state index in [1.54, 1.807) is 0 Å². The Morgan fingerprint density at radius 1 is 1.10 bits per heavy atom. The number of rotatable bonds is 2. The third-order valence-electron chi connectivity index (χ3n) is 3.70. The Bertz CT molecular complexity index is 493. The van der Waals surface area contributed by atoms with E-state index in [0.717, 1.165) is 11.8 Å². The maximum atomic E-state index is 10.2. The molecule has 6 atom stereocenters. The van der Waals surface area contributed by atoms with Crippen LogP contribution in [0.3, 0.4) is 0 Å². The lowest BCUT2D eigenvalue weighted by molar-refractivity contribution is -0.320. The lowest BCUT2D eigenvalue weighted by Gasteiger charge is -2.45. The Kier molecular flexibility index (Phi) is 4.18. The molecule has 2 heterocycles. The van der Waals surface area contributed by atoms with Crippen molar-refractivity contribution in [1.82, 2.24) is 0 Å². The van der Waals surface area contributed by atoms with Crippen molar-refractivity contribution in [2.45, 2.75) is 36.8 Å². The SMILES string of the molecule is O/N=C/[C@@H]1O[C@@H]2CO[C@@H](c3ccccc3)O[C@H]2[C@H](O)[C@H]1O. The molecule has 0 unspecified atom stereocenters. The van der Waals surface area contributed by atoms with Crippen LogP contribution >= 0.6 is 0 Å². The second kappa shape index (κ2) is 6.08. The van der Waals surface area contributed by atoms with Gasteiger partial charge in [-0.1, -0.05) is 35.5 Å². The first kappa shape index (κ1) is 14.4. The third-order valence-corrected chi connectivity index (χ3v) is 3.70. The van der Waals surface area contributed by atoms with Gasteiger partial charge >= 0.3 is 0 Å². The molecule has 114 valence electrons. The summed E-state index contributed by atoms with van der Waals surface area (Å²) in [5.41, 5.74) is 0.830. The molecule has 3 rings (SSSR count). The predicted octanol–water partition coefficient (Wildman–Crippen LogP) is 0.0498. The van der Waals surface area contributed by atoms with Gasteiger partial charge < -0.3 is 29.6 Å². The summed E-state index contributed by atoms with van der Waals surface area (Å²) in [5.74, 6) is 0. The zero-order chi connectivity index (χ0) is 14.8. The molecule has 0 saturated carbocycles. The smallest absolute Gasteiger partial charge is 0.184 e. The third kappa shape index (κ3) is 2.78. The van der Waals surface area contributed by atoms with Gasteiger partial charge in [0.2, 0.25) is 0 Å². The van der Waals surface area contributed by atoms with E-state index in [4.69, 9.17) is 19.4 Å². The normalized spacial score (nSPS) is 40.1. The molecule has 7 heteroatoms. The van der Waals surface area contributed by atoms with Crippen molar-refractivity contribution < 1.29 is 29.6 Å². The number of aliphatic hydroxyl groups excluding tert-OH is 2. The Hall–Kier alpha value is -1.51. The van der Waals surface area contributed by atoms with Crippen LogP contribution in [0.25, 0.3) is 0 Å². The van der Waals surface area contributed by atoms with Crippen molar-refractivity contribution in [2.75, 3.05) is 6.61 Å². The first-order valence-electron chi connectivity index (χ1n) is 6.72. The number of oxime groups is 1. The van der Waals surface area contributed by atoms with E-state index in [2.05, 4.69) is 5.16 Å². The van der Waals surface area contributed by atoms with Crippen molar-refractivity contribution in [2.24, 2.45) is 5.16 Å². The summed E-state index contributed by atoms with van der Waals surface area (Å²) in [6, 6.07) is 9.34. The molecule has 0 amide bonds. The van der Waals surface area contributed by atoms with Crippen LogP contribution in [0, 0.1) is 0 Å². The van der Waals surface area contributed by atoms with Gasteiger partial charge in [-0.25, -0.2) is 0 Å². The Morgan fingerprint density at radius 3 is 2.57 bits per heavy atom. The van der Waals surface area contributed by atoms with Crippen LogP contribution in [-0.2, 0) is 14.2 Å². The predicted molar refractivity (Wildman–Crippen MR) is 71.0 cm³/mol. The second-order valence-electron chi connectivity index (χ2n) is 5.06. The fourth-order valence-electron chi connectivity index (χ4n) is 2.61. The van der Waals surface area contributed by atoms with Crippen LogP contribution in [0.15, 0.2) is 35.5 Å². The number of hydrogen-bond donors (Lipinski definition) is 3. The van der Waals surface area contributed by atoms with Crippen LogP contribution in [0.1, 0.15) is 11.9 Å². The monoisotopic (exact) mass is 295 g/mol. The summed E-state index contributed by atoms with van der Waals surface area (Å²) in [7, 11) is 0. The minimum atomic E-state index is -1.23. The lowest BCUT2D eigenvalue weighted by atomic mass is 9.94. The standard InChI is InChI=1S/C14H17NO6/c16-11-9(6-15-18)20-10-7-19-14(21-13(10)12(11)17)8-4-2-1-3-5-8/h1-6,9-14,16-18H,7H2/b15-6+/t9-,10+,11-,12+,13+,14+/m0/s1. The van der Waals surface area contributed by atoms with E-state index in [-0.39, 0.29) is 6.61 Å². The molecular formula is C14H17NO6. The Balaban J connectivity index is 1.74. The van der Waals surface area contributed by atoms with Gasteiger partial charge in [0.25, 0.3) is 0 Å². The number of benzene rings is 1. The molecule has 21 heavy (non-hydrogen) atoms. The molecule has 1 aromatic rings. The topological polar surface area (TPSA) is 101 Å². The van der Waals surface area contributed by atoms with Crippen LogP contribution < -0.4 is 0 Å². The fourth-order valence-corrected chi connectivity index (χ4v) is 2.61. The highest BCUT2D eigenvalue weighted by molar-refractivity contribution is 5.63. The number of nitrogens with zero attached hydrogens (tertiary/aromatic N) is 1. The van der Waals surface area contributed by atoms with Gasteiger partial charge in [0.15, 0.2) is 6.29 Å². The highest BCUT2D eigenvalue weighted by Gasteiger charge is 2.48. The quantitative estimate of drug-likeness (QED) is 0.405. The molecule has 0 aromatic heterocycles. The number of fused-ring (bicyclic) bond motifs is 1. The van der Waals surface area contributed by atoms with Gasteiger partial charge in [0.05, 0.1) is 12.8 Å². The maximum absolute atomic E-state index is 10.2. The van der Waals surface area contributed by atoms with Crippen LogP contribution in [-0.4, -0.2) is 58.8 Å². The van der Waals surface area contributed by atoms with Gasteiger partial charge in [-0.05, 0) is 0 Å².